The van der Waals surface area contributed by atoms with Crippen LogP contribution in [0.2, 0.25) is 0 Å². The van der Waals surface area contributed by atoms with Gasteiger partial charge in [0, 0.05) is 31.3 Å². The lowest BCUT2D eigenvalue weighted by Crippen LogP contribution is -2.44. The van der Waals surface area contributed by atoms with Crippen LogP contribution in [-0.4, -0.2) is 45.5 Å². The normalized spacial score (nSPS) is 15.6. The summed E-state index contributed by atoms with van der Waals surface area (Å²) >= 11 is 1.56. The molecule has 1 amide bonds. The number of hydrogen-bond acceptors (Lipinski definition) is 7. The maximum atomic E-state index is 13.2. The van der Waals surface area contributed by atoms with Gasteiger partial charge < -0.3 is 10.2 Å². The lowest BCUT2D eigenvalue weighted by Gasteiger charge is -2.32. The van der Waals surface area contributed by atoms with Gasteiger partial charge in [0.05, 0.1) is 23.0 Å². The Morgan fingerprint density at radius 1 is 1.06 bits per heavy atom. The molecule has 1 saturated heterocycles. The molecule has 4 heterocycles. The molecule has 1 aliphatic heterocycles. The van der Waals surface area contributed by atoms with Crippen molar-refractivity contribution >= 4 is 23.1 Å². The van der Waals surface area contributed by atoms with Crippen molar-refractivity contribution in [2.24, 2.45) is 5.92 Å². The topological polar surface area (TPSA) is 93.0 Å². The zero-order valence-corrected chi connectivity index (χ0v) is 20.3. The highest BCUT2D eigenvalue weighted by Gasteiger charge is 2.26. The molecular formula is C26H25FN6O2S. The molecule has 0 bridgehead atoms. The predicted molar refractivity (Wildman–Crippen MR) is 137 cm³/mol. The number of benzene rings is 1. The summed E-state index contributed by atoms with van der Waals surface area (Å²) in [5, 5.41) is 18.0. The van der Waals surface area contributed by atoms with E-state index in [4.69, 9.17) is 0 Å². The first kappa shape index (κ1) is 23.8. The highest BCUT2D eigenvalue weighted by atomic mass is 32.1. The van der Waals surface area contributed by atoms with Gasteiger partial charge in [0.25, 0.3) is 5.56 Å². The summed E-state index contributed by atoms with van der Waals surface area (Å²) in [6.07, 6.45) is 1.65. The lowest BCUT2D eigenvalue weighted by molar-refractivity contribution is -0.125. The summed E-state index contributed by atoms with van der Waals surface area (Å²) in [5.74, 6) is 0.188. The fourth-order valence-corrected chi connectivity index (χ4v) is 4.95. The number of carbonyl (C=O) groups excluding carboxylic acids is 1. The zero-order chi connectivity index (χ0) is 24.9. The Bertz CT molecular complexity index is 1370. The molecule has 1 N–H and O–H groups in total. The summed E-state index contributed by atoms with van der Waals surface area (Å²) in [5.41, 5.74) is 2.00. The number of anilines is 1. The van der Waals surface area contributed by atoms with Crippen LogP contribution >= 0.6 is 11.3 Å². The van der Waals surface area contributed by atoms with E-state index in [1.165, 1.54) is 22.9 Å². The van der Waals surface area contributed by atoms with E-state index in [1.807, 2.05) is 29.6 Å². The number of hydrogen-bond donors (Lipinski definition) is 1. The third kappa shape index (κ3) is 5.49. The number of nitrogens with zero attached hydrogens (tertiary/aromatic N) is 5. The molecule has 10 heteroatoms. The minimum Gasteiger partial charge on any atom is -0.354 e. The van der Waals surface area contributed by atoms with Crippen molar-refractivity contribution in [2.45, 2.75) is 19.4 Å². The van der Waals surface area contributed by atoms with E-state index in [-0.39, 0.29) is 23.2 Å². The summed E-state index contributed by atoms with van der Waals surface area (Å²) in [7, 11) is 0. The third-order valence-electron chi connectivity index (χ3n) is 6.17. The van der Waals surface area contributed by atoms with Crippen molar-refractivity contribution in [3.63, 3.8) is 0 Å². The molecule has 1 unspecified atom stereocenters. The monoisotopic (exact) mass is 504 g/mol. The highest BCUT2D eigenvalue weighted by molar-refractivity contribution is 7.13. The number of amides is 1. The molecule has 1 atom stereocenters. The SMILES string of the molecule is O=C(NCCn1nc(-c2cccs2)ccc1=O)C1CCCN(c2ccc(-c3ccc(F)cc3)nn2)C1. The first-order valence-electron chi connectivity index (χ1n) is 11.8. The largest absolute Gasteiger partial charge is 0.354 e. The van der Waals surface area contributed by atoms with Crippen LogP contribution in [-0.2, 0) is 11.3 Å². The van der Waals surface area contributed by atoms with E-state index >= 15 is 0 Å². The number of rotatable bonds is 7. The van der Waals surface area contributed by atoms with Crippen molar-refractivity contribution in [2.75, 3.05) is 24.5 Å². The third-order valence-corrected chi connectivity index (χ3v) is 7.06. The van der Waals surface area contributed by atoms with Gasteiger partial charge in [0.15, 0.2) is 5.82 Å². The molecular weight excluding hydrogens is 479 g/mol. The fourth-order valence-electron chi connectivity index (χ4n) is 4.26. The van der Waals surface area contributed by atoms with Crippen LogP contribution in [0.3, 0.4) is 0 Å². The van der Waals surface area contributed by atoms with E-state index < -0.39 is 0 Å². The molecule has 1 fully saturated rings. The Hall–Kier alpha value is -3.92. The molecule has 184 valence electrons. The number of carbonyl (C=O) groups is 1. The minimum atomic E-state index is -0.295. The quantitative estimate of drug-likeness (QED) is 0.414. The van der Waals surface area contributed by atoms with Crippen molar-refractivity contribution in [3.8, 4) is 21.8 Å². The van der Waals surface area contributed by atoms with Gasteiger partial charge in [-0.25, -0.2) is 9.07 Å². The number of halogens is 1. The van der Waals surface area contributed by atoms with Crippen LogP contribution < -0.4 is 15.8 Å². The second-order valence-corrected chi connectivity index (χ2v) is 9.56. The van der Waals surface area contributed by atoms with E-state index in [1.54, 1.807) is 29.5 Å². The minimum absolute atomic E-state index is 0.0435. The Morgan fingerprint density at radius 3 is 2.64 bits per heavy atom. The lowest BCUT2D eigenvalue weighted by atomic mass is 9.97. The summed E-state index contributed by atoms with van der Waals surface area (Å²) < 4.78 is 14.6. The number of aromatic nitrogens is 4. The molecule has 8 nitrogen and oxygen atoms in total. The van der Waals surface area contributed by atoms with Gasteiger partial charge in [0.2, 0.25) is 5.91 Å². The van der Waals surface area contributed by atoms with Crippen LogP contribution in [0.25, 0.3) is 21.8 Å². The van der Waals surface area contributed by atoms with E-state index in [9.17, 15) is 14.0 Å². The van der Waals surface area contributed by atoms with Crippen molar-refractivity contribution < 1.29 is 9.18 Å². The van der Waals surface area contributed by atoms with Gasteiger partial charge in [-0.3, -0.25) is 9.59 Å². The van der Waals surface area contributed by atoms with Gasteiger partial charge in [0.1, 0.15) is 11.5 Å². The Morgan fingerprint density at radius 2 is 1.89 bits per heavy atom. The van der Waals surface area contributed by atoms with E-state index in [2.05, 4.69) is 25.5 Å². The molecule has 4 aromatic rings. The first-order chi connectivity index (χ1) is 17.6. The predicted octanol–water partition coefficient (Wildman–Crippen LogP) is 3.60. The average molecular weight is 505 g/mol. The maximum Gasteiger partial charge on any atom is 0.266 e. The molecule has 36 heavy (non-hydrogen) atoms. The molecule has 5 rings (SSSR count). The number of nitrogens with one attached hydrogen (secondary N) is 1. The van der Waals surface area contributed by atoms with Crippen LogP contribution in [0.15, 0.2) is 70.8 Å². The van der Waals surface area contributed by atoms with Gasteiger partial charge in [-0.2, -0.15) is 5.10 Å². The zero-order valence-electron chi connectivity index (χ0n) is 19.5. The summed E-state index contributed by atoms with van der Waals surface area (Å²) in [4.78, 5) is 28.1. The first-order valence-corrected chi connectivity index (χ1v) is 12.7. The average Bonchev–Trinajstić information content (AvgIpc) is 3.45. The van der Waals surface area contributed by atoms with Crippen LogP contribution in [0.1, 0.15) is 12.8 Å². The van der Waals surface area contributed by atoms with Gasteiger partial charge in [-0.05, 0) is 66.8 Å². The summed E-state index contributed by atoms with van der Waals surface area (Å²) in [6, 6.07) is 17.0. The van der Waals surface area contributed by atoms with Gasteiger partial charge in [-0.15, -0.1) is 21.5 Å². The second kappa shape index (κ2) is 10.8. The van der Waals surface area contributed by atoms with Crippen molar-refractivity contribution in [1.82, 2.24) is 25.3 Å². The van der Waals surface area contributed by atoms with E-state index in [0.29, 0.717) is 31.1 Å². The molecule has 3 aromatic heterocycles. The van der Waals surface area contributed by atoms with Gasteiger partial charge in [-0.1, -0.05) is 6.07 Å². The number of piperidine rings is 1. The Labute approximate surface area is 211 Å². The molecule has 1 aliphatic rings. The second-order valence-electron chi connectivity index (χ2n) is 8.62. The van der Waals surface area contributed by atoms with E-state index in [0.717, 1.165) is 35.5 Å². The summed E-state index contributed by atoms with van der Waals surface area (Å²) in [6.45, 7) is 1.96. The number of thiophene rings is 1. The van der Waals surface area contributed by atoms with Crippen molar-refractivity contribution in [3.05, 3.63) is 82.2 Å². The molecule has 0 saturated carbocycles. The van der Waals surface area contributed by atoms with Crippen LogP contribution in [0.4, 0.5) is 10.2 Å². The Kier molecular flexibility index (Phi) is 7.13. The standard InChI is InChI=1S/C26H25FN6O2S/c27-20-7-5-18(6-8-20)21-9-11-24(30-29-21)32-14-1-3-19(17-32)26(35)28-13-15-33-25(34)12-10-22(31-33)23-4-2-16-36-23/h2,4-12,16,19H,1,3,13-15,17H2,(H,28,35). The fraction of sp³-hybridized carbons (Fsp3) is 0.269. The molecule has 0 radical (unpaired) electrons. The molecule has 0 spiro atoms. The highest BCUT2D eigenvalue weighted by Crippen LogP contribution is 2.24. The van der Waals surface area contributed by atoms with Crippen LogP contribution in [0.5, 0.6) is 0 Å². The molecule has 0 aliphatic carbocycles. The molecule has 1 aromatic carbocycles. The Balaban J connectivity index is 1.16. The smallest absolute Gasteiger partial charge is 0.266 e. The van der Waals surface area contributed by atoms with Crippen LogP contribution in [0, 0.1) is 11.7 Å². The maximum absolute atomic E-state index is 13.2. The van der Waals surface area contributed by atoms with Crippen molar-refractivity contribution in [1.29, 1.82) is 0 Å². The van der Waals surface area contributed by atoms with Gasteiger partial charge >= 0.3 is 0 Å².